The fourth-order valence-corrected chi connectivity index (χ4v) is 2.77. The number of nitrogens with zero attached hydrogens (tertiary/aromatic N) is 1. The van der Waals surface area contributed by atoms with Gasteiger partial charge in [-0.05, 0) is 43.3 Å². The molecule has 1 atom stereocenters. The minimum Gasteiger partial charge on any atom is -0.456 e. The summed E-state index contributed by atoms with van der Waals surface area (Å²) in [6.45, 7) is 0.894. The summed E-state index contributed by atoms with van der Waals surface area (Å²) in [5, 5.41) is 0.484. The number of esters is 1. The highest BCUT2D eigenvalue weighted by atomic mass is 35.5. The number of carbonyl (C=O) groups excluding carboxylic acids is 4. The van der Waals surface area contributed by atoms with E-state index in [0.29, 0.717) is 10.6 Å². The predicted octanol–water partition coefficient (Wildman–Crippen LogP) is 2.75. The average molecular weight is 372 g/mol. The third kappa shape index (κ3) is 3.23. The molecule has 0 spiro atoms. The van der Waals surface area contributed by atoms with Crippen molar-refractivity contribution in [1.82, 2.24) is 4.90 Å². The van der Waals surface area contributed by atoms with Crippen LogP contribution in [-0.2, 0) is 9.53 Å². The lowest BCUT2D eigenvalue weighted by molar-refractivity contribution is -0.146. The summed E-state index contributed by atoms with van der Waals surface area (Å²) in [7, 11) is 0. The van der Waals surface area contributed by atoms with Crippen LogP contribution >= 0.6 is 11.6 Å². The van der Waals surface area contributed by atoms with Crippen LogP contribution in [0.1, 0.15) is 38.0 Å². The Bertz CT molecular complexity index is 871. The summed E-state index contributed by atoms with van der Waals surface area (Å²) >= 11 is 5.76. The predicted molar refractivity (Wildman–Crippen MR) is 93.1 cm³/mol. The zero-order valence-corrected chi connectivity index (χ0v) is 14.5. The van der Waals surface area contributed by atoms with Gasteiger partial charge >= 0.3 is 5.97 Å². The average Bonchev–Trinajstić information content (AvgIpc) is 2.90. The number of hydrogen-bond donors (Lipinski definition) is 0. The number of carbonyl (C=O) groups is 4. The maximum Gasteiger partial charge on any atom is 0.329 e. The normalized spacial score (nSPS) is 14.2. The Balaban J connectivity index is 1.65. The molecule has 0 aliphatic carbocycles. The molecule has 6 nitrogen and oxygen atoms in total. The molecule has 0 saturated carbocycles. The quantitative estimate of drug-likeness (QED) is 0.458. The fraction of sp³-hybridized carbons (Fsp3) is 0.158. The number of ketones is 1. The molecule has 0 bridgehead atoms. The number of rotatable bonds is 5. The number of hydrogen-bond acceptors (Lipinski definition) is 5. The first-order chi connectivity index (χ1) is 12.4. The van der Waals surface area contributed by atoms with Crippen molar-refractivity contribution >= 4 is 35.2 Å². The molecule has 0 N–H and O–H groups in total. The maximum atomic E-state index is 12.4. The van der Waals surface area contributed by atoms with E-state index in [2.05, 4.69) is 0 Å². The van der Waals surface area contributed by atoms with Crippen molar-refractivity contribution < 1.29 is 23.9 Å². The second-order valence-corrected chi connectivity index (χ2v) is 6.18. The van der Waals surface area contributed by atoms with Gasteiger partial charge in [0.1, 0.15) is 6.04 Å². The van der Waals surface area contributed by atoms with Crippen molar-refractivity contribution in [2.75, 3.05) is 6.61 Å². The number of fused-ring (bicyclic) bond motifs is 1. The molecule has 7 heteroatoms. The molecule has 2 amide bonds. The van der Waals surface area contributed by atoms with E-state index in [1.165, 1.54) is 31.2 Å². The second kappa shape index (κ2) is 7.09. The third-order valence-corrected chi connectivity index (χ3v) is 4.32. The molecule has 0 saturated heterocycles. The highest BCUT2D eigenvalue weighted by molar-refractivity contribution is 6.30. The summed E-state index contributed by atoms with van der Waals surface area (Å²) < 4.78 is 4.99. The maximum absolute atomic E-state index is 12.4. The zero-order chi connectivity index (χ0) is 18.8. The molecule has 2 aromatic carbocycles. The van der Waals surface area contributed by atoms with Crippen LogP contribution in [0.4, 0.5) is 0 Å². The number of Topliss-reactive ketones (excluding diaryl/α,β-unsaturated/α-hetero) is 1. The van der Waals surface area contributed by atoms with Crippen molar-refractivity contribution in [3.63, 3.8) is 0 Å². The molecule has 1 unspecified atom stereocenters. The van der Waals surface area contributed by atoms with Gasteiger partial charge in [-0.25, -0.2) is 4.79 Å². The monoisotopic (exact) mass is 371 g/mol. The van der Waals surface area contributed by atoms with Crippen LogP contribution in [0.3, 0.4) is 0 Å². The van der Waals surface area contributed by atoms with Crippen LogP contribution in [0.5, 0.6) is 0 Å². The van der Waals surface area contributed by atoms with Crippen molar-refractivity contribution in [2.45, 2.75) is 13.0 Å². The standard InChI is InChI=1S/C19H14ClNO5/c1-11(21-17(23)14-4-2-3-5-15(14)18(21)24)19(25)26-10-16(22)12-6-8-13(20)9-7-12/h2-9,11H,10H2,1H3. The van der Waals surface area contributed by atoms with Gasteiger partial charge in [-0.15, -0.1) is 0 Å². The molecule has 1 aliphatic rings. The number of halogens is 1. The highest BCUT2D eigenvalue weighted by Crippen LogP contribution is 2.24. The van der Waals surface area contributed by atoms with Crippen molar-refractivity contribution in [3.8, 4) is 0 Å². The van der Waals surface area contributed by atoms with Gasteiger partial charge in [-0.3, -0.25) is 19.3 Å². The molecule has 132 valence electrons. The third-order valence-electron chi connectivity index (χ3n) is 4.07. The first-order valence-electron chi connectivity index (χ1n) is 7.82. The molecule has 0 fully saturated rings. The minimum absolute atomic E-state index is 0.245. The van der Waals surface area contributed by atoms with E-state index >= 15 is 0 Å². The Labute approximate surface area is 154 Å². The van der Waals surface area contributed by atoms with Crippen LogP contribution < -0.4 is 0 Å². The minimum atomic E-state index is -1.14. The van der Waals surface area contributed by atoms with E-state index in [1.54, 1.807) is 24.3 Å². The second-order valence-electron chi connectivity index (χ2n) is 5.74. The van der Waals surface area contributed by atoms with Crippen LogP contribution in [0, 0.1) is 0 Å². The Hall–Kier alpha value is -2.99. The number of amides is 2. The Kier molecular flexibility index (Phi) is 4.86. The number of ether oxygens (including phenoxy) is 1. The van der Waals surface area contributed by atoms with Gasteiger partial charge in [0.15, 0.2) is 12.4 Å². The molecule has 0 radical (unpaired) electrons. The first-order valence-corrected chi connectivity index (χ1v) is 8.20. The van der Waals surface area contributed by atoms with Gasteiger partial charge in [0.05, 0.1) is 11.1 Å². The molecule has 3 rings (SSSR count). The first kappa shape index (κ1) is 17.8. The lowest BCUT2D eigenvalue weighted by atomic mass is 10.1. The largest absolute Gasteiger partial charge is 0.456 e. The van der Waals surface area contributed by atoms with Crippen molar-refractivity contribution in [2.24, 2.45) is 0 Å². The summed E-state index contributed by atoms with van der Waals surface area (Å²) in [5.74, 6) is -2.36. The number of benzene rings is 2. The highest BCUT2D eigenvalue weighted by Gasteiger charge is 2.41. The van der Waals surface area contributed by atoms with E-state index in [1.807, 2.05) is 0 Å². The Morgan fingerprint density at radius 3 is 2.08 bits per heavy atom. The van der Waals surface area contributed by atoms with Crippen LogP contribution in [-0.4, -0.2) is 41.1 Å². The van der Waals surface area contributed by atoms with Crippen molar-refractivity contribution in [1.29, 1.82) is 0 Å². The van der Waals surface area contributed by atoms with Crippen LogP contribution in [0.15, 0.2) is 48.5 Å². The molecule has 1 aliphatic heterocycles. The summed E-state index contributed by atoms with van der Waals surface area (Å²) in [4.78, 5) is 49.8. The van der Waals surface area contributed by atoms with E-state index in [9.17, 15) is 19.2 Å². The molecule has 2 aromatic rings. The van der Waals surface area contributed by atoms with E-state index in [4.69, 9.17) is 16.3 Å². The van der Waals surface area contributed by atoms with Gasteiger partial charge in [-0.2, -0.15) is 0 Å². The van der Waals surface area contributed by atoms with Gasteiger partial charge in [-0.1, -0.05) is 23.7 Å². The van der Waals surface area contributed by atoms with E-state index in [-0.39, 0.29) is 11.1 Å². The van der Waals surface area contributed by atoms with E-state index in [0.717, 1.165) is 4.90 Å². The van der Waals surface area contributed by atoms with Gasteiger partial charge in [0, 0.05) is 10.6 Å². The van der Waals surface area contributed by atoms with Crippen LogP contribution in [0.2, 0.25) is 5.02 Å². The lowest BCUT2D eigenvalue weighted by Gasteiger charge is -2.20. The smallest absolute Gasteiger partial charge is 0.329 e. The fourth-order valence-electron chi connectivity index (χ4n) is 2.64. The summed E-state index contributed by atoms with van der Waals surface area (Å²) in [5.41, 5.74) is 0.833. The lowest BCUT2D eigenvalue weighted by Crippen LogP contribution is -2.44. The SMILES string of the molecule is CC(C(=O)OCC(=O)c1ccc(Cl)cc1)N1C(=O)c2ccccc2C1=O. The molecule has 26 heavy (non-hydrogen) atoms. The van der Waals surface area contributed by atoms with Gasteiger partial charge < -0.3 is 4.74 Å². The van der Waals surface area contributed by atoms with Gasteiger partial charge in [0.25, 0.3) is 11.8 Å². The molecular weight excluding hydrogens is 358 g/mol. The van der Waals surface area contributed by atoms with Gasteiger partial charge in [0.2, 0.25) is 0 Å². The zero-order valence-electron chi connectivity index (χ0n) is 13.8. The topological polar surface area (TPSA) is 80.8 Å². The summed E-state index contributed by atoms with van der Waals surface area (Å²) in [6, 6.07) is 11.3. The summed E-state index contributed by atoms with van der Waals surface area (Å²) in [6.07, 6.45) is 0. The number of imide groups is 1. The van der Waals surface area contributed by atoms with Crippen molar-refractivity contribution in [3.05, 3.63) is 70.2 Å². The van der Waals surface area contributed by atoms with Crippen LogP contribution in [0.25, 0.3) is 0 Å². The Morgan fingerprint density at radius 2 is 1.54 bits per heavy atom. The Morgan fingerprint density at radius 1 is 1.00 bits per heavy atom. The van der Waals surface area contributed by atoms with E-state index < -0.39 is 36.2 Å². The molecule has 0 aromatic heterocycles. The molecular formula is C19H14ClNO5. The molecule has 1 heterocycles.